The highest BCUT2D eigenvalue weighted by molar-refractivity contribution is 6.17. The summed E-state index contributed by atoms with van der Waals surface area (Å²) in [5, 5.41) is 0. The molecule has 2 aromatic carbocycles. The van der Waals surface area contributed by atoms with Crippen molar-refractivity contribution in [3.05, 3.63) is 54.1 Å². The van der Waals surface area contributed by atoms with Gasteiger partial charge in [0.1, 0.15) is 17.4 Å². The van der Waals surface area contributed by atoms with Crippen molar-refractivity contribution in [3.63, 3.8) is 0 Å². The summed E-state index contributed by atoms with van der Waals surface area (Å²) in [6.07, 6.45) is 9.45. The van der Waals surface area contributed by atoms with E-state index in [0.29, 0.717) is 23.5 Å². The highest BCUT2D eigenvalue weighted by Crippen LogP contribution is 2.31. The Hall–Kier alpha value is -1.61. The van der Waals surface area contributed by atoms with Crippen LogP contribution in [0.4, 0.5) is 8.78 Å². The summed E-state index contributed by atoms with van der Waals surface area (Å²) in [5.74, 6) is 0.265. The molecule has 0 fully saturated rings. The van der Waals surface area contributed by atoms with Crippen molar-refractivity contribution in [1.82, 2.24) is 0 Å². The molecule has 0 aliphatic heterocycles. The van der Waals surface area contributed by atoms with Crippen LogP contribution in [0.15, 0.2) is 42.5 Å². The predicted molar refractivity (Wildman–Crippen MR) is 105 cm³/mol. The van der Waals surface area contributed by atoms with E-state index >= 15 is 0 Å². The van der Waals surface area contributed by atoms with E-state index in [1.165, 1.54) is 44.2 Å². The summed E-state index contributed by atoms with van der Waals surface area (Å²) in [7, 11) is 0. The maximum atomic E-state index is 13.5. The lowest BCUT2D eigenvalue weighted by atomic mass is 10.0. The second-order valence-electron chi connectivity index (χ2n) is 6.52. The van der Waals surface area contributed by atoms with Crippen LogP contribution in [0.5, 0.6) is 5.75 Å². The van der Waals surface area contributed by atoms with Crippen LogP contribution >= 0.6 is 11.6 Å². The molecule has 0 heterocycles. The predicted octanol–water partition coefficient (Wildman–Crippen LogP) is 7.37. The fourth-order valence-corrected chi connectivity index (χ4v) is 3.17. The Morgan fingerprint density at radius 3 is 1.96 bits per heavy atom. The van der Waals surface area contributed by atoms with E-state index in [2.05, 4.69) is 0 Å². The molecule has 0 aromatic heterocycles. The highest BCUT2D eigenvalue weighted by Gasteiger charge is 2.08. The van der Waals surface area contributed by atoms with Crippen LogP contribution in [-0.2, 0) is 0 Å². The number of alkyl halides is 1. The van der Waals surface area contributed by atoms with Crippen LogP contribution in [0.2, 0.25) is 0 Å². The summed E-state index contributed by atoms with van der Waals surface area (Å²) in [6, 6.07) is 10.9. The van der Waals surface area contributed by atoms with E-state index in [-0.39, 0.29) is 0 Å². The number of hydrogen-bond donors (Lipinski definition) is 0. The van der Waals surface area contributed by atoms with Gasteiger partial charge >= 0.3 is 0 Å². The quantitative estimate of drug-likeness (QED) is 0.276. The topological polar surface area (TPSA) is 9.23 Å². The molecule has 0 aliphatic rings. The van der Waals surface area contributed by atoms with Gasteiger partial charge in [0.2, 0.25) is 0 Å². The third-order valence-corrected chi connectivity index (χ3v) is 4.61. The van der Waals surface area contributed by atoms with Crippen molar-refractivity contribution in [1.29, 1.82) is 0 Å². The lowest BCUT2D eigenvalue weighted by Gasteiger charge is -2.12. The number of halogens is 3. The summed E-state index contributed by atoms with van der Waals surface area (Å²) in [4.78, 5) is 0. The van der Waals surface area contributed by atoms with Gasteiger partial charge in [-0.25, -0.2) is 8.78 Å². The van der Waals surface area contributed by atoms with Crippen molar-refractivity contribution in [3.8, 4) is 16.9 Å². The van der Waals surface area contributed by atoms with Gasteiger partial charge in [-0.05, 0) is 36.6 Å². The Labute approximate surface area is 160 Å². The second-order valence-corrected chi connectivity index (χ2v) is 6.90. The van der Waals surface area contributed by atoms with E-state index in [9.17, 15) is 8.78 Å². The molecule has 0 atom stereocenters. The molecule has 0 radical (unpaired) electrons. The Morgan fingerprint density at radius 2 is 1.31 bits per heavy atom. The van der Waals surface area contributed by atoms with Gasteiger partial charge in [-0.15, -0.1) is 11.6 Å². The molecule has 0 bridgehead atoms. The SMILES string of the molecule is Fc1cc(F)cc(-c2ccccc2OCCCCCCCCCCCl)c1. The summed E-state index contributed by atoms with van der Waals surface area (Å²) in [5.41, 5.74) is 1.21. The van der Waals surface area contributed by atoms with Crippen LogP contribution < -0.4 is 4.74 Å². The lowest BCUT2D eigenvalue weighted by Crippen LogP contribution is -1.99. The minimum atomic E-state index is -0.583. The van der Waals surface area contributed by atoms with Crippen LogP contribution in [0.3, 0.4) is 0 Å². The number of rotatable bonds is 12. The first-order valence-electron chi connectivity index (χ1n) is 9.45. The fraction of sp³-hybridized carbons (Fsp3) is 0.455. The number of benzene rings is 2. The van der Waals surface area contributed by atoms with Crippen molar-refractivity contribution in [2.75, 3.05) is 12.5 Å². The average molecular weight is 381 g/mol. The Kier molecular flexibility index (Phi) is 9.47. The first-order chi connectivity index (χ1) is 12.7. The van der Waals surface area contributed by atoms with Crippen molar-refractivity contribution in [2.45, 2.75) is 51.4 Å². The molecule has 142 valence electrons. The van der Waals surface area contributed by atoms with Crippen LogP contribution in [0.1, 0.15) is 51.4 Å². The van der Waals surface area contributed by atoms with Gasteiger partial charge in [-0.1, -0.05) is 56.7 Å². The number of hydrogen-bond acceptors (Lipinski definition) is 1. The maximum absolute atomic E-state index is 13.5. The monoisotopic (exact) mass is 380 g/mol. The molecular weight excluding hydrogens is 354 g/mol. The molecule has 0 spiro atoms. The van der Waals surface area contributed by atoms with Crippen molar-refractivity contribution in [2.24, 2.45) is 0 Å². The van der Waals surface area contributed by atoms with E-state index < -0.39 is 11.6 Å². The number of para-hydroxylation sites is 1. The third kappa shape index (κ3) is 7.33. The first kappa shape index (κ1) is 20.7. The van der Waals surface area contributed by atoms with E-state index in [1.807, 2.05) is 24.3 Å². The Bertz CT molecular complexity index is 640. The van der Waals surface area contributed by atoms with Crippen molar-refractivity contribution < 1.29 is 13.5 Å². The zero-order valence-electron chi connectivity index (χ0n) is 15.2. The van der Waals surface area contributed by atoms with Gasteiger partial charge in [-0.2, -0.15) is 0 Å². The summed E-state index contributed by atoms with van der Waals surface area (Å²) in [6.45, 7) is 0.612. The van der Waals surface area contributed by atoms with E-state index in [0.717, 1.165) is 31.2 Å². The molecule has 0 amide bonds. The van der Waals surface area contributed by atoms with Gasteiger partial charge in [0.25, 0.3) is 0 Å². The van der Waals surface area contributed by atoms with Gasteiger partial charge in [0, 0.05) is 17.5 Å². The van der Waals surface area contributed by atoms with Gasteiger partial charge < -0.3 is 4.74 Å². The molecule has 0 saturated carbocycles. The minimum absolute atomic E-state index is 0.495. The molecule has 4 heteroatoms. The van der Waals surface area contributed by atoms with Gasteiger partial charge in [0.15, 0.2) is 0 Å². The van der Waals surface area contributed by atoms with Crippen LogP contribution in [-0.4, -0.2) is 12.5 Å². The van der Waals surface area contributed by atoms with E-state index in [1.54, 1.807) is 0 Å². The third-order valence-electron chi connectivity index (χ3n) is 4.35. The second kappa shape index (κ2) is 11.9. The zero-order chi connectivity index (χ0) is 18.6. The standard InChI is InChI=1S/C22H27ClF2O/c23-13-9-5-3-1-2-4-6-10-14-26-22-12-8-7-11-21(22)18-15-19(24)17-20(25)16-18/h7-8,11-12,15-17H,1-6,9-10,13-14H2. The Balaban J connectivity index is 1.75. The average Bonchev–Trinajstić information content (AvgIpc) is 2.63. The van der Waals surface area contributed by atoms with Crippen molar-refractivity contribution >= 4 is 11.6 Å². The van der Waals surface area contributed by atoms with Crippen LogP contribution in [0, 0.1) is 11.6 Å². The largest absolute Gasteiger partial charge is 0.493 e. The fourth-order valence-electron chi connectivity index (χ4n) is 2.98. The van der Waals surface area contributed by atoms with E-state index in [4.69, 9.17) is 16.3 Å². The maximum Gasteiger partial charge on any atom is 0.127 e. The molecule has 2 rings (SSSR count). The smallest absolute Gasteiger partial charge is 0.127 e. The molecule has 0 aliphatic carbocycles. The molecule has 0 unspecified atom stereocenters. The zero-order valence-corrected chi connectivity index (χ0v) is 15.9. The number of unbranched alkanes of at least 4 members (excludes halogenated alkanes) is 7. The highest BCUT2D eigenvalue weighted by atomic mass is 35.5. The number of ether oxygens (including phenoxy) is 1. The molecule has 0 saturated heterocycles. The molecular formula is C22H27ClF2O. The van der Waals surface area contributed by atoms with Crippen LogP contribution in [0.25, 0.3) is 11.1 Å². The normalized spacial score (nSPS) is 10.9. The molecule has 2 aromatic rings. The van der Waals surface area contributed by atoms with Gasteiger partial charge in [0.05, 0.1) is 6.61 Å². The first-order valence-corrected chi connectivity index (χ1v) is 9.98. The Morgan fingerprint density at radius 1 is 0.731 bits per heavy atom. The molecule has 26 heavy (non-hydrogen) atoms. The molecule has 1 nitrogen and oxygen atoms in total. The summed E-state index contributed by atoms with van der Waals surface area (Å²) >= 11 is 5.66. The minimum Gasteiger partial charge on any atom is -0.493 e. The van der Waals surface area contributed by atoms with Gasteiger partial charge in [-0.3, -0.25) is 0 Å². The lowest BCUT2D eigenvalue weighted by molar-refractivity contribution is 0.305. The molecule has 0 N–H and O–H groups in total. The summed E-state index contributed by atoms with van der Waals surface area (Å²) < 4.78 is 32.8.